The molecule has 2 saturated heterocycles. The predicted octanol–water partition coefficient (Wildman–Crippen LogP) is 5.41. The predicted molar refractivity (Wildman–Crippen MR) is 168 cm³/mol. The van der Waals surface area contributed by atoms with Crippen molar-refractivity contribution in [2.75, 3.05) is 38.5 Å². The molecule has 1 amide bonds. The quantitative estimate of drug-likeness (QED) is 0.339. The van der Waals surface area contributed by atoms with Gasteiger partial charge >= 0.3 is 6.09 Å². The normalized spacial score (nSPS) is 25.2. The standard InChI is InChI=1S/C32H42BrFN6O4/c1-31(2,3)44-30(41)39(11-10-19-6-8-22(34)9-7-19)15-20-13-38(14-20)16-21-12-24(27-26(21)42-32(4,5)43-27)40-17-23(33)25-28(35)36-18-37-29(25)40/h6-9,17-18,20-21,24,26-27H,10-16H2,1-5H3,(H2,35,36,37)/t21-,24-,26-,27+/m1/s1. The molecule has 2 aromatic heterocycles. The van der Waals surface area contributed by atoms with Gasteiger partial charge in [0, 0.05) is 55.2 Å². The van der Waals surface area contributed by atoms with Crippen LogP contribution in [-0.2, 0) is 20.6 Å². The van der Waals surface area contributed by atoms with Crippen LogP contribution in [0.2, 0.25) is 0 Å². The van der Waals surface area contributed by atoms with Crippen molar-refractivity contribution in [2.24, 2.45) is 11.8 Å². The summed E-state index contributed by atoms with van der Waals surface area (Å²) >= 11 is 3.65. The van der Waals surface area contributed by atoms with Gasteiger partial charge in [0.25, 0.3) is 0 Å². The molecule has 2 aliphatic heterocycles. The number of aromatic nitrogens is 3. The van der Waals surface area contributed by atoms with Crippen LogP contribution in [0.1, 0.15) is 52.6 Å². The summed E-state index contributed by atoms with van der Waals surface area (Å²) in [6.07, 6.45) is 4.59. The molecule has 1 aromatic carbocycles. The number of likely N-dealkylation sites (tertiary alicyclic amines) is 1. The summed E-state index contributed by atoms with van der Waals surface area (Å²) in [5.74, 6) is 0.114. The molecule has 238 valence electrons. The van der Waals surface area contributed by atoms with Crippen LogP contribution in [-0.4, -0.2) is 86.7 Å². The summed E-state index contributed by atoms with van der Waals surface area (Å²) in [7, 11) is 0. The molecule has 0 unspecified atom stereocenters. The van der Waals surface area contributed by atoms with E-state index in [1.165, 1.54) is 18.5 Å². The van der Waals surface area contributed by atoms with E-state index in [1.807, 2.05) is 40.8 Å². The molecule has 4 atom stereocenters. The Morgan fingerprint density at radius 3 is 2.59 bits per heavy atom. The van der Waals surface area contributed by atoms with Gasteiger partial charge in [-0.25, -0.2) is 19.2 Å². The molecule has 3 aromatic rings. The topological polar surface area (TPSA) is 108 Å². The molecular formula is C32H42BrFN6O4. The van der Waals surface area contributed by atoms with Gasteiger partial charge in [0.05, 0.1) is 17.5 Å². The lowest BCUT2D eigenvalue weighted by Crippen LogP contribution is -2.54. The number of hydrogen-bond donors (Lipinski definition) is 1. The SMILES string of the molecule is CC(C)(C)OC(=O)N(CCc1ccc(F)cc1)CC1CN(C[C@H]2C[C@@H](n3cc(Br)c4c(N)ncnc43)[C@@H]3OC(C)(C)O[C@H]23)C1. The van der Waals surface area contributed by atoms with Gasteiger partial charge in [0.1, 0.15) is 35.3 Å². The summed E-state index contributed by atoms with van der Waals surface area (Å²) in [5, 5.41) is 0.810. The molecule has 1 aliphatic carbocycles. The van der Waals surface area contributed by atoms with Gasteiger partial charge in [-0.05, 0) is 81.1 Å². The molecule has 0 spiro atoms. The van der Waals surface area contributed by atoms with E-state index in [-0.39, 0.29) is 36.1 Å². The second-order valence-corrected chi connectivity index (χ2v) is 14.7. The average molecular weight is 674 g/mol. The first-order valence-electron chi connectivity index (χ1n) is 15.3. The van der Waals surface area contributed by atoms with Gasteiger partial charge in [0.15, 0.2) is 5.79 Å². The molecule has 1 saturated carbocycles. The number of carbonyl (C=O) groups is 1. The largest absolute Gasteiger partial charge is 0.444 e. The van der Waals surface area contributed by atoms with Gasteiger partial charge in [-0.1, -0.05) is 12.1 Å². The van der Waals surface area contributed by atoms with E-state index in [1.54, 1.807) is 17.0 Å². The Morgan fingerprint density at radius 2 is 1.89 bits per heavy atom. The van der Waals surface area contributed by atoms with Crippen LogP contribution in [0.15, 0.2) is 41.3 Å². The van der Waals surface area contributed by atoms with Crippen molar-refractivity contribution in [1.29, 1.82) is 0 Å². The van der Waals surface area contributed by atoms with Crippen molar-refractivity contribution < 1.29 is 23.4 Å². The smallest absolute Gasteiger partial charge is 0.410 e. The lowest BCUT2D eigenvalue weighted by Gasteiger charge is -2.43. The number of carbonyl (C=O) groups excluding carboxylic acids is 1. The lowest BCUT2D eigenvalue weighted by atomic mass is 9.95. The number of nitrogens with two attached hydrogens (primary N) is 1. The van der Waals surface area contributed by atoms with E-state index < -0.39 is 11.4 Å². The fourth-order valence-corrected chi connectivity index (χ4v) is 7.51. The second-order valence-electron chi connectivity index (χ2n) is 13.9. The van der Waals surface area contributed by atoms with Gasteiger partial charge in [-0.2, -0.15) is 0 Å². The van der Waals surface area contributed by atoms with Crippen molar-refractivity contribution in [3.63, 3.8) is 0 Å². The zero-order chi connectivity index (χ0) is 31.4. The first kappa shape index (κ1) is 31.2. The van der Waals surface area contributed by atoms with E-state index >= 15 is 0 Å². The highest BCUT2D eigenvalue weighted by Crippen LogP contribution is 2.49. The number of ether oxygens (including phenoxy) is 3. The Balaban J connectivity index is 1.10. The van der Waals surface area contributed by atoms with Crippen LogP contribution < -0.4 is 5.73 Å². The van der Waals surface area contributed by atoms with Crippen molar-refractivity contribution in [3.8, 4) is 0 Å². The number of fused-ring (bicyclic) bond motifs is 2. The van der Waals surface area contributed by atoms with Crippen LogP contribution in [0.25, 0.3) is 11.0 Å². The minimum absolute atomic E-state index is 0.0427. The molecule has 10 nitrogen and oxygen atoms in total. The zero-order valence-electron chi connectivity index (χ0n) is 26.0. The Hall–Kier alpha value is -2.80. The second kappa shape index (κ2) is 11.9. The zero-order valence-corrected chi connectivity index (χ0v) is 27.6. The van der Waals surface area contributed by atoms with E-state index in [4.69, 9.17) is 19.9 Å². The Labute approximate surface area is 266 Å². The molecule has 4 heterocycles. The summed E-state index contributed by atoms with van der Waals surface area (Å²) in [6.45, 7) is 13.4. The molecular weight excluding hydrogens is 631 g/mol. The summed E-state index contributed by atoms with van der Waals surface area (Å²) < 4.78 is 35.1. The monoisotopic (exact) mass is 672 g/mol. The first-order valence-corrected chi connectivity index (χ1v) is 16.1. The van der Waals surface area contributed by atoms with E-state index in [0.717, 1.165) is 47.1 Å². The number of anilines is 1. The highest BCUT2D eigenvalue weighted by Gasteiger charge is 2.55. The first-order chi connectivity index (χ1) is 20.8. The maximum Gasteiger partial charge on any atom is 0.410 e. The summed E-state index contributed by atoms with van der Waals surface area (Å²) in [6, 6.07) is 6.49. The number of halogens is 2. The van der Waals surface area contributed by atoms with Crippen molar-refractivity contribution in [1.82, 2.24) is 24.3 Å². The Bertz CT molecular complexity index is 1500. The van der Waals surface area contributed by atoms with Gasteiger partial charge in [-0.15, -0.1) is 0 Å². The van der Waals surface area contributed by atoms with Crippen LogP contribution in [0, 0.1) is 17.7 Å². The number of rotatable bonds is 8. The van der Waals surface area contributed by atoms with Crippen molar-refractivity contribution >= 4 is 38.9 Å². The fraction of sp³-hybridized carbons (Fsp3) is 0.594. The fourth-order valence-electron chi connectivity index (χ4n) is 6.91. The molecule has 0 bridgehead atoms. The molecule has 6 rings (SSSR count). The minimum Gasteiger partial charge on any atom is -0.444 e. The summed E-state index contributed by atoms with van der Waals surface area (Å²) in [4.78, 5) is 26.1. The highest BCUT2D eigenvalue weighted by molar-refractivity contribution is 9.10. The molecule has 2 N–H and O–H groups in total. The molecule has 12 heteroatoms. The minimum atomic E-state index is -0.670. The van der Waals surface area contributed by atoms with Crippen LogP contribution in [0.4, 0.5) is 15.0 Å². The lowest BCUT2D eigenvalue weighted by molar-refractivity contribution is -0.161. The number of hydrogen-bond acceptors (Lipinski definition) is 8. The third-order valence-corrected chi connectivity index (χ3v) is 9.34. The van der Waals surface area contributed by atoms with Gasteiger partial charge < -0.3 is 34.3 Å². The number of nitrogens with zero attached hydrogens (tertiary/aromatic N) is 5. The Morgan fingerprint density at radius 1 is 1.18 bits per heavy atom. The third-order valence-electron chi connectivity index (χ3n) is 8.74. The van der Waals surface area contributed by atoms with Gasteiger partial charge in [0.2, 0.25) is 0 Å². The Kier molecular flexibility index (Phi) is 8.40. The number of nitrogen functional groups attached to an aromatic ring is 1. The van der Waals surface area contributed by atoms with Gasteiger partial charge in [-0.3, -0.25) is 0 Å². The molecule has 3 fully saturated rings. The average Bonchev–Trinajstić information content (AvgIpc) is 3.53. The number of benzene rings is 1. The van der Waals surface area contributed by atoms with Crippen LogP contribution in [0.5, 0.6) is 0 Å². The van der Waals surface area contributed by atoms with E-state index in [9.17, 15) is 9.18 Å². The number of amides is 1. The van der Waals surface area contributed by atoms with Crippen LogP contribution >= 0.6 is 15.9 Å². The summed E-state index contributed by atoms with van der Waals surface area (Å²) in [5.41, 5.74) is 7.37. The molecule has 44 heavy (non-hydrogen) atoms. The maximum absolute atomic E-state index is 13.4. The van der Waals surface area contributed by atoms with E-state index in [0.29, 0.717) is 31.2 Å². The van der Waals surface area contributed by atoms with Crippen molar-refractivity contribution in [2.45, 2.75) is 77.1 Å². The molecule has 3 aliphatic rings. The van der Waals surface area contributed by atoms with E-state index in [2.05, 4.69) is 35.4 Å². The molecule has 0 radical (unpaired) electrons. The van der Waals surface area contributed by atoms with Crippen LogP contribution in [0.3, 0.4) is 0 Å². The third kappa shape index (κ3) is 6.59. The highest BCUT2D eigenvalue weighted by atomic mass is 79.9. The van der Waals surface area contributed by atoms with Crippen molar-refractivity contribution in [3.05, 3.63) is 52.6 Å². The maximum atomic E-state index is 13.4.